The SMILES string of the molecule is Cc1nc2ccccc2c(=O)n1CCCOC(=O)c1cccc2cccnc12. The quantitative estimate of drug-likeness (QED) is 0.395. The molecule has 0 aliphatic heterocycles. The molecule has 2 heterocycles. The standard InChI is InChI=1S/C22H19N3O3/c1-15-24-19-11-3-2-9-17(19)21(26)25(15)13-6-14-28-22(27)18-10-4-7-16-8-5-12-23-20(16)18/h2-5,7-12H,6,13-14H2,1H3. The minimum absolute atomic E-state index is 0.0762. The molecule has 0 fully saturated rings. The Hall–Kier alpha value is -3.54. The summed E-state index contributed by atoms with van der Waals surface area (Å²) < 4.78 is 7.03. The van der Waals surface area contributed by atoms with Crippen LogP contribution in [0.5, 0.6) is 0 Å². The molecule has 28 heavy (non-hydrogen) atoms. The lowest BCUT2D eigenvalue weighted by molar-refractivity contribution is 0.0497. The van der Waals surface area contributed by atoms with E-state index in [4.69, 9.17) is 4.74 Å². The van der Waals surface area contributed by atoms with Crippen molar-refractivity contribution in [3.05, 3.63) is 82.5 Å². The van der Waals surface area contributed by atoms with Crippen LogP contribution in [0.1, 0.15) is 22.6 Å². The van der Waals surface area contributed by atoms with Crippen LogP contribution in [0.4, 0.5) is 0 Å². The van der Waals surface area contributed by atoms with Crippen LogP contribution in [-0.4, -0.2) is 27.1 Å². The Morgan fingerprint density at radius 1 is 1.07 bits per heavy atom. The van der Waals surface area contributed by atoms with Gasteiger partial charge in [-0.25, -0.2) is 9.78 Å². The van der Waals surface area contributed by atoms with Crippen molar-refractivity contribution in [2.24, 2.45) is 0 Å². The van der Waals surface area contributed by atoms with E-state index in [0.29, 0.717) is 40.8 Å². The summed E-state index contributed by atoms with van der Waals surface area (Å²) in [5.74, 6) is 0.235. The largest absolute Gasteiger partial charge is 0.462 e. The minimum Gasteiger partial charge on any atom is -0.462 e. The van der Waals surface area contributed by atoms with Crippen molar-refractivity contribution in [1.29, 1.82) is 0 Å². The first-order chi connectivity index (χ1) is 13.6. The molecule has 0 saturated carbocycles. The summed E-state index contributed by atoms with van der Waals surface area (Å²) in [5, 5.41) is 1.48. The average molecular weight is 373 g/mol. The monoisotopic (exact) mass is 373 g/mol. The summed E-state index contributed by atoms with van der Waals surface area (Å²) in [6, 6.07) is 16.4. The Morgan fingerprint density at radius 3 is 2.79 bits per heavy atom. The minimum atomic E-state index is -0.412. The molecular formula is C22H19N3O3. The molecule has 140 valence electrons. The number of pyridine rings is 1. The van der Waals surface area contributed by atoms with Crippen molar-refractivity contribution in [3.8, 4) is 0 Å². The number of aromatic nitrogens is 3. The number of aryl methyl sites for hydroxylation is 1. The number of esters is 1. The van der Waals surface area contributed by atoms with Crippen LogP contribution in [-0.2, 0) is 11.3 Å². The lowest BCUT2D eigenvalue weighted by Crippen LogP contribution is -2.24. The van der Waals surface area contributed by atoms with E-state index in [1.807, 2.05) is 49.4 Å². The Balaban J connectivity index is 1.44. The number of benzene rings is 2. The molecule has 0 unspecified atom stereocenters. The molecule has 0 amide bonds. The summed E-state index contributed by atoms with van der Waals surface area (Å²) >= 11 is 0. The number of hydrogen-bond acceptors (Lipinski definition) is 5. The van der Waals surface area contributed by atoms with Gasteiger partial charge in [0.1, 0.15) is 5.82 Å². The van der Waals surface area contributed by atoms with E-state index in [1.165, 1.54) is 0 Å². The molecular weight excluding hydrogens is 354 g/mol. The molecule has 0 spiro atoms. The van der Waals surface area contributed by atoms with Crippen LogP contribution < -0.4 is 5.56 Å². The Kier molecular flexibility index (Phi) is 4.85. The number of fused-ring (bicyclic) bond motifs is 2. The molecule has 0 aliphatic carbocycles. The molecule has 0 bridgehead atoms. The van der Waals surface area contributed by atoms with E-state index in [9.17, 15) is 9.59 Å². The van der Waals surface area contributed by atoms with Crippen LogP contribution in [0.25, 0.3) is 21.8 Å². The van der Waals surface area contributed by atoms with Gasteiger partial charge in [-0.1, -0.05) is 30.3 Å². The maximum Gasteiger partial charge on any atom is 0.340 e. The summed E-state index contributed by atoms with van der Waals surface area (Å²) in [4.78, 5) is 33.8. The summed E-state index contributed by atoms with van der Waals surface area (Å²) in [6.07, 6.45) is 2.17. The van der Waals surface area contributed by atoms with E-state index in [2.05, 4.69) is 9.97 Å². The third kappa shape index (κ3) is 3.36. The van der Waals surface area contributed by atoms with Gasteiger partial charge in [-0.15, -0.1) is 0 Å². The summed E-state index contributed by atoms with van der Waals surface area (Å²) in [7, 11) is 0. The van der Waals surface area contributed by atoms with Gasteiger partial charge in [0, 0.05) is 18.1 Å². The van der Waals surface area contributed by atoms with Gasteiger partial charge in [0.15, 0.2) is 0 Å². The fraction of sp³-hybridized carbons (Fsp3) is 0.182. The molecule has 4 aromatic rings. The molecule has 0 N–H and O–H groups in total. The molecule has 0 radical (unpaired) electrons. The first-order valence-corrected chi connectivity index (χ1v) is 9.12. The second kappa shape index (κ2) is 7.60. The average Bonchev–Trinajstić information content (AvgIpc) is 2.72. The highest BCUT2D eigenvalue weighted by Crippen LogP contribution is 2.17. The van der Waals surface area contributed by atoms with Crippen molar-refractivity contribution in [2.75, 3.05) is 6.61 Å². The van der Waals surface area contributed by atoms with Gasteiger partial charge >= 0.3 is 5.97 Å². The fourth-order valence-electron chi connectivity index (χ4n) is 3.28. The van der Waals surface area contributed by atoms with Crippen molar-refractivity contribution in [3.63, 3.8) is 0 Å². The van der Waals surface area contributed by atoms with Crippen molar-refractivity contribution in [2.45, 2.75) is 19.9 Å². The smallest absolute Gasteiger partial charge is 0.340 e. The number of para-hydroxylation sites is 2. The topological polar surface area (TPSA) is 74.1 Å². The van der Waals surface area contributed by atoms with Gasteiger partial charge in [-0.05, 0) is 37.6 Å². The molecule has 2 aromatic heterocycles. The number of nitrogens with zero attached hydrogens (tertiary/aromatic N) is 3. The highest BCUT2D eigenvalue weighted by Gasteiger charge is 2.12. The molecule has 6 nitrogen and oxygen atoms in total. The number of ether oxygens (including phenoxy) is 1. The van der Waals surface area contributed by atoms with Crippen molar-refractivity contribution < 1.29 is 9.53 Å². The van der Waals surface area contributed by atoms with Crippen LogP contribution in [0.15, 0.2) is 65.6 Å². The number of carbonyl (C=O) groups is 1. The lowest BCUT2D eigenvalue weighted by Gasteiger charge is -2.11. The van der Waals surface area contributed by atoms with E-state index in [1.54, 1.807) is 22.9 Å². The lowest BCUT2D eigenvalue weighted by atomic mass is 10.1. The Morgan fingerprint density at radius 2 is 1.89 bits per heavy atom. The van der Waals surface area contributed by atoms with Gasteiger partial charge in [-0.3, -0.25) is 14.3 Å². The van der Waals surface area contributed by atoms with E-state index in [-0.39, 0.29) is 12.2 Å². The zero-order valence-electron chi connectivity index (χ0n) is 15.5. The summed E-state index contributed by atoms with van der Waals surface area (Å²) in [5.41, 5.74) is 1.68. The van der Waals surface area contributed by atoms with E-state index in [0.717, 1.165) is 5.39 Å². The number of carbonyl (C=O) groups excluding carboxylic acids is 1. The van der Waals surface area contributed by atoms with Crippen LogP contribution in [0, 0.1) is 6.92 Å². The Bertz CT molecular complexity index is 1230. The molecule has 0 atom stereocenters. The van der Waals surface area contributed by atoms with Crippen molar-refractivity contribution in [1.82, 2.24) is 14.5 Å². The zero-order valence-corrected chi connectivity index (χ0v) is 15.5. The van der Waals surface area contributed by atoms with Crippen molar-refractivity contribution >= 4 is 27.8 Å². The maximum absolute atomic E-state index is 12.7. The highest BCUT2D eigenvalue weighted by molar-refractivity contribution is 6.02. The molecule has 0 aliphatic rings. The summed E-state index contributed by atoms with van der Waals surface area (Å²) in [6.45, 7) is 2.45. The van der Waals surface area contributed by atoms with Gasteiger partial charge in [0.05, 0.1) is 28.6 Å². The molecule has 2 aromatic carbocycles. The number of rotatable bonds is 5. The van der Waals surface area contributed by atoms with Gasteiger partial charge in [0.2, 0.25) is 0 Å². The normalized spacial score (nSPS) is 11.0. The van der Waals surface area contributed by atoms with Crippen LogP contribution in [0.2, 0.25) is 0 Å². The first-order valence-electron chi connectivity index (χ1n) is 9.12. The molecule has 0 saturated heterocycles. The third-order valence-electron chi connectivity index (χ3n) is 4.66. The molecule has 4 rings (SSSR count). The highest BCUT2D eigenvalue weighted by atomic mass is 16.5. The van der Waals surface area contributed by atoms with Crippen LogP contribution in [0.3, 0.4) is 0 Å². The fourth-order valence-corrected chi connectivity index (χ4v) is 3.28. The van der Waals surface area contributed by atoms with Gasteiger partial charge in [0.25, 0.3) is 5.56 Å². The van der Waals surface area contributed by atoms with E-state index < -0.39 is 5.97 Å². The maximum atomic E-state index is 12.7. The number of hydrogen-bond donors (Lipinski definition) is 0. The Labute approximate surface area is 161 Å². The third-order valence-corrected chi connectivity index (χ3v) is 4.66. The second-order valence-corrected chi connectivity index (χ2v) is 6.50. The predicted molar refractivity (Wildman–Crippen MR) is 107 cm³/mol. The van der Waals surface area contributed by atoms with Gasteiger partial charge < -0.3 is 4.74 Å². The van der Waals surface area contributed by atoms with Gasteiger partial charge in [-0.2, -0.15) is 0 Å². The molecule has 6 heteroatoms. The predicted octanol–water partition coefficient (Wildman–Crippen LogP) is 3.50. The zero-order chi connectivity index (χ0) is 19.5. The van der Waals surface area contributed by atoms with E-state index >= 15 is 0 Å². The second-order valence-electron chi connectivity index (χ2n) is 6.50. The van der Waals surface area contributed by atoms with Crippen LogP contribution >= 0.6 is 0 Å². The first kappa shape index (κ1) is 17.9.